The molecule has 0 aliphatic carbocycles. The van der Waals surface area contributed by atoms with Crippen molar-refractivity contribution in [3.05, 3.63) is 29.3 Å². The standard InChI is InChI=1S/C11H12O3S/c12-7-2-5-9-3-1-4-10-6-8-15(13,14)11(9)10/h1,3-4,7H,2,5-6,8H2. The largest absolute Gasteiger partial charge is 0.303 e. The van der Waals surface area contributed by atoms with Gasteiger partial charge in [-0.3, -0.25) is 0 Å². The van der Waals surface area contributed by atoms with Gasteiger partial charge in [-0.15, -0.1) is 0 Å². The van der Waals surface area contributed by atoms with Gasteiger partial charge in [0.1, 0.15) is 6.29 Å². The van der Waals surface area contributed by atoms with Crippen LogP contribution < -0.4 is 0 Å². The maximum absolute atomic E-state index is 11.7. The zero-order chi connectivity index (χ0) is 10.9. The summed E-state index contributed by atoms with van der Waals surface area (Å²) in [6.07, 6.45) is 2.32. The Kier molecular flexibility index (Phi) is 2.61. The van der Waals surface area contributed by atoms with Crippen LogP contribution in [0.3, 0.4) is 0 Å². The first-order chi connectivity index (χ1) is 7.15. The van der Waals surface area contributed by atoms with Gasteiger partial charge in [-0.2, -0.15) is 0 Å². The molecule has 0 unspecified atom stereocenters. The zero-order valence-electron chi connectivity index (χ0n) is 8.27. The summed E-state index contributed by atoms with van der Waals surface area (Å²) in [7, 11) is -3.08. The van der Waals surface area contributed by atoms with Crippen molar-refractivity contribution < 1.29 is 13.2 Å². The molecule has 2 rings (SSSR count). The molecule has 0 amide bonds. The Hall–Kier alpha value is -1.16. The number of sulfone groups is 1. The predicted octanol–water partition coefficient (Wildman–Crippen LogP) is 1.15. The molecule has 0 N–H and O–H groups in total. The Morgan fingerprint density at radius 1 is 1.33 bits per heavy atom. The van der Waals surface area contributed by atoms with E-state index in [4.69, 9.17) is 0 Å². The van der Waals surface area contributed by atoms with E-state index in [0.29, 0.717) is 24.2 Å². The summed E-state index contributed by atoms with van der Waals surface area (Å²) in [5.41, 5.74) is 1.69. The highest BCUT2D eigenvalue weighted by Gasteiger charge is 2.28. The molecule has 1 aliphatic rings. The highest BCUT2D eigenvalue weighted by Crippen LogP contribution is 2.29. The first-order valence-electron chi connectivity index (χ1n) is 4.92. The lowest BCUT2D eigenvalue weighted by atomic mass is 10.1. The monoisotopic (exact) mass is 224 g/mol. The van der Waals surface area contributed by atoms with Gasteiger partial charge in [-0.25, -0.2) is 8.42 Å². The normalized spacial score (nSPS) is 17.3. The minimum absolute atomic E-state index is 0.209. The van der Waals surface area contributed by atoms with Gasteiger partial charge < -0.3 is 4.79 Å². The Bertz CT molecular complexity index is 489. The van der Waals surface area contributed by atoms with Crippen LogP contribution in [0.2, 0.25) is 0 Å². The summed E-state index contributed by atoms with van der Waals surface area (Å²) in [5, 5.41) is 0. The van der Waals surface area contributed by atoms with E-state index < -0.39 is 9.84 Å². The molecular weight excluding hydrogens is 212 g/mol. The van der Waals surface area contributed by atoms with Gasteiger partial charge in [0.15, 0.2) is 9.84 Å². The fourth-order valence-electron chi connectivity index (χ4n) is 1.99. The lowest BCUT2D eigenvalue weighted by molar-refractivity contribution is -0.107. The summed E-state index contributed by atoms with van der Waals surface area (Å²) >= 11 is 0. The van der Waals surface area contributed by atoms with E-state index in [-0.39, 0.29) is 5.75 Å². The van der Waals surface area contributed by atoms with Gasteiger partial charge in [0.2, 0.25) is 0 Å². The first-order valence-corrected chi connectivity index (χ1v) is 6.57. The molecule has 15 heavy (non-hydrogen) atoms. The van der Waals surface area contributed by atoms with E-state index in [9.17, 15) is 13.2 Å². The minimum atomic E-state index is -3.08. The van der Waals surface area contributed by atoms with Crippen LogP contribution in [0, 0.1) is 0 Å². The molecule has 0 bridgehead atoms. The van der Waals surface area contributed by atoms with E-state index in [1.807, 2.05) is 12.1 Å². The highest BCUT2D eigenvalue weighted by atomic mass is 32.2. The Labute approximate surface area is 89.0 Å². The summed E-state index contributed by atoms with van der Waals surface area (Å²) in [6, 6.07) is 5.51. The molecular formula is C11H12O3S. The Morgan fingerprint density at radius 3 is 2.87 bits per heavy atom. The summed E-state index contributed by atoms with van der Waals surface area (Å²) in [5.74, 6) is 0.209. The van der Waals surface area contributed by atoms with Crippen LogP contribution in [0.4, 0.5) is 0 Å². The van der Waals surface area contributed by atoms with Crippen LogP contribution in [-0.4, -0.2) is 20.5 Å². The SMILES string of the molecule is O=CCCc1cccc2c1S(=O)(=O)CC2. The van der Waals surface area contributed by atoms with Crippen LogP contribution in [0.5, 0.6) is 0 Å². The highest BCUT2D eigenvalue weighted by molar-refractivity contribution is 7.91. The fourth-order valence-corrected chi connectivity index (χ4v) is 3.82. The average molecular weight is 224 g/mol. The molecule has 1 aromatic carbocycles. The summed E-state index contributed by atoms with van der Waals surface area (Å²) in [4.78, 5) is 10.8. The molecule has 80 valence electrons. The number of benzene rings is 1. The van der Waals surface area contributed by atoms with Gasteiger partial charge in [-0.05, 0) is 24.0 Å². The van der Waals surface area contributed by atoms with Crippen LogP contribution in [0.25, 0.3) is 0 Å². The topological polar surface area (TPSA) is 51.2 Å². The van der Waals surface area contributed by atoms with Crippen LogP contribution in [0.1, 0.15) is 17.5 Å². The first kappa shape index (κ1) is 10.4. The van der Waals surface area contributed by atoms with Gasteiger partial charge in [-0.1, -0.05) is 18.2 Å². The Balaban J connectivity index is 2.49. The molecule has 1 aromatic rings. The van der Waals surface area contributed by atoms with Crippen molar-refractivity contribution in [3.8, 4) is 0 Å². The molecule has 0 atom stereocenters. The Morgan fingerprint density at radius 2 is 2.13 bits per heavy atom. The van der Waals surface area contributed by atoms with E-state index in [1.165, 1.54) is 0 Å². The fraction of sp³-hybridized carbons (Fsp3) is 0.364. The van der Waals surface area contributed by atoms with Crippen LogP contribution in [-0.2, 0) is 27.5 Å². The van der Waals surface area contributed by atoms with Gasteiger partial charge in [0.05, 0.1) is 10.6 Å². The molecule has 0 saturated carbocycles. The van der Waals surface area contributed by atoms with Crippen molar-refractivity contribution in [3.63, 3.8) is 0 Å². The molecule has 0 saturated heterocycles. The molecule has 0 aromatic heterocycles. The molecule has 3 nitrogen and oxygen atoms in total. The smallest absolute Gasteiger partial charge is 0.179 e. The molecule has 1 heterocycles. The third-order valence-corrected chi connectivity index (χ3v) is 4.55. The van der Waals surface area contributed by atoms with Gasteiger partial charge in [0, 0.05) is 6.42 Å². The second-order valence-corrected chi connectivity index (χ2v) is 5.73. The number of aryl methyl sites for hydroxylation is 2. The van der Waals surface area contributed by atoms with Gasteiger partial charge in [0.25, 0.3) is 0 Å². The molecule has 4 heteroatoms. The van der Waals surface area contributed by atoms with Crippen molar-refractivity contribution in [1.82, 2.24) is 0 Å². The van der Waals surface area contributed by atoms with E-state index in [2.05, 4.69) is 0 Å². The van der Waals surface area contributed by atoms with Gasteiger partial charge >= 0.3 is 0 Å². The second kappa shape index (κ2) is 3.77. The number of hydrogen-bond donors (Lipinski definition) is 0. The lowest BCUT2D eigenvalue weighted by Gasteiger charge is -2.05. The van der Waals surface area contributed by atoms with Crippen molar-refractivity contribution in [2.24, 2.45) is 0 Å². The third-order valence-electron chi connectivity index (χ3n) is 2.66. The maximum atomic E-state index is 11.7. The number of carbonyl (C=O) groups is 1. The molecule has 0 radical (unpaired) electrons. The lowest BCUT2D eigenvalue weighted by Crippen LogP contribution is -2.03. The van der Waals surface area contributed by atoms with Crippen molar-refractivity contribution in [2.45, 2.75) is 24.2 Å². The quantitative estimate of drug-likeness (QED) is 0.724. The zero-order valence-corrected chi connectivity index (χ0v) is 9.09. The third kappa shape index (κ3) is 1.81. The van der Waals surface area contributed by atoms with E-state index in [0.717, 1.165) is 17.4 Å². The summed E-state index contributed by atoms with van der Waals surface area (Å²) in [6.45, 7) is 0. The predicted molar refractivity (Wildman–Crippen MR) is 56.6 cm³/mol. The minimum Gasteiger partial charge on any atom is -0.303 e. The number of carbonyl (C=O) groups excluding carboxylic acids is 1. The maximum Gasteiger partial charge on any atom is 0.179 e. The number of aldehydes is 1. The second-order valence-electron chi connectivity index (χ2n) is 3.68. The van der Waals surface area contributed by atoms with E-state index >= 15 is 0 Å². The van der Waals surface area contributed by atoms with Crippen molar-refractivity contribution >= 4 is 16.1 Å². The molecule has 0 fully saturated rings. The van der Waals surface area contributed by atoms with Crippen molar-refractivity contribution in [1.29, 1.82) is 0 Å². The van der Waals surface area contributed by atoms with Crippen LogP contribution >= 0.6 is 0 Å². The van der Waals surface area contributed by atoms with E-state index in [1.54, 1.807) is 6.07 Å². The summed E-state index contributed by atoms with van der Waals surface area (Å²) < 4.78 is 23.5. The number of hydrogen-bond acceptors (Lipinski definition) is 3. The molecule has 0 spiro atoms. The average Bonchev–Trinajstić information content (AvgIpc) is 2.53. The number of rotatable bonds is 3. The number of fused-ring (bicyclic) bond motifs is 1. The van der Waals surface area contributed by atoms with Crippen LogP contribution in [0.15, 0.2) is 23.1 Å². The molecule has 1 aliphatic heterocycles. The van der Waals surface area contributed by atoms with Crippen molar-refractivity contribution in [2.75, 3.05) is 5.75 Å².